The van der Waals surface area contributed by atoms with Gasteiger partial charge >= 0.3 is 11.9 Å². The second kappa shape index (κ2) is 6.77. The van der Waals surface area contributed by atoms with Crippen molar-refractivity contribution in [2.24, 2.45) is 40.4 Å². The van der Waals surface area contributed by atoms with Gasteiger partial charge in [-0.3, -0.25) is 9.59 Å². The molecule has 0 amide bonds. The van der Waals surface area contributed by atoms with Crippen LogP contribution in [-0.4, -0.2) is 23.1 Å². The molecule has 152 valence electrons. The van der Waals surface area contributed by atoms with E-state index in [0.717, 1.165) is 31.1 Å². The molecular formula is C23H36O4. The van der Waals surface area contributed by atoms with Crippen LogP contribution in [0.3, 0.4) is 0 Å². The summed E-state index contributed by atoms with van der Waals surface area (Å²) in [6.45, 7) is 6.45. The van der Waals surface area contributed by atoms with Crippen LogP contribution in [0.15, 0.2) is 0 Å². The predicted octanol–water partition coefficient (Wildman–Crippen LogP) is 5.05. The van der Waals surface area contributed by atoms with Crippen LogP contribution in [0.4, 0.5) is 0 Å². The molecule has 4 aliphatic rings. The first kappa shape index (κ1) is 19.3. The standard InChI is InChI=1S/C23H36O4/c1-14(24)27-20-7-6-18-17-5-4-16-12-15(13-21(25)26)8-10-22(16,2)19(17)9-11-23(18,20)3/h15-20H,4-13H2,1-3H3,(H,25,26)/t15-,16-,17+,18-,19+,20-,22-,23-/m0/s1. The molecule has 4 nitrogen and oxygen atoms in total. The smallest absolute Gasteiger partial charge is 0.303 e. The molecule has 4 saturated carbocycles. The summed E-state index contributed by atoms with van der Waals surface area (Å²) in [5.74, 6) is 2.55. The summed E-state index contributed by atoms with van der Waals surface area (Å²) >= 11 is 0. The maximum absolute atomic E-state index is 11.6. The van der Waals surface area contributed by atoms with Crippen molar-refractivity contribution in [1.29, 1.82) is 0 Å². The van der Waals surface area contributed by atoms with E-state index in [1.54, 1.807) is 6.92 Å². The number of carboxylic acids is 1. The van der Waals surface area contributed by atoms with Gasteiger partial charge in [0.05, 0.1) is 0 Å². The summed E-state index contributed by atoms with van der Waals surface area (Å²) in [5, 5.41) is 9.20. The maximum atomic E-state index is 11.6. The molecule has 4 aliphatic carbocycles. The van der Waals surface area contributed by atoms with Gasteiger partial charge in [0, 0.05) is 18.8 Å². The van der Waals surface area contributed by atoms with Crippen molar-refractivity contribution in [3.8, 4) is 0 Å². The highest BCUT2D eigenvalue weighted by Crippen LogP contribution is 2.67. The Morgan fingerprint density at radius 3 is 2.37 bits per heavy atom. The van der Waals surface area contributed by atoms with Gasteiger partial charge in [-0.05, 0) is 92.8 Å². The van der Waals surface area contributed by atoms with Gasteiger partial charge in [0.15, 0.2) is 0 Å². The van der Waals surface area contributed by atoms with E-state index >= 15 is 0 Å². The molecule has 4 rings (SSSR count). The summed E-state index contributed by atoms with van der Waals surface area (Å²) in [6, 6.07) is 0. The molecule has 0 saturated heterocycles. The highest BCUT2D eigenvalue weighted by atomic mass is 16.5. The fourth-order valence-corrected chi connectivity index (χ4v) is 8.13. The fraction of sp³-hybridized carbons (Fsp3) is 0.913. The molecule has 0 aromatic heterocycles. The van der Waals surface area contributed by atoms with E-state index in [2.05, 4.69) is 13.8 Å². The number of carboxylic acid groups (broad SMARTS) is 1. The molecular weight excluding hydrogens is 340 g/mol. The second-order valence-corrected chi connectivity index (χ2v) is 10.6. The van der Waals surface area contributed by atoms with Gasteiger partial charge in [-0.2, -0.15) is 0 Å². The highest BCUT2D eigenvalue weighted by Gasteiger charge is 2.61. The highest BCUT2D eigenvalue weighted by molar-refractivity contribution is 5.67. The largest absolute Gasteiger partial charge is 0.481 e. The molecule has 4 heteroatoms. The third kappa shape index (κ3) is 3.11. The zero-order chi connectivity index (χ0) is 19.4. The molecule has 0 spiro atoms. The minimum absolute atomic E-state index is 0.109. The van der Waals surface area contributed by atoms with Crippen LogP contribution in [0.5, 0.6) is 0 Å². The minimum Gasteiger partial charge on any atom is -0.481 e. The first-order chi connectivity index (χ1) is 12.7. The fourth-order valence-electron chi connectivity index (χ4n) is 8.13. The van der Waals surface area contributed by atoms with Gasteiger partial charge in [0.25, 0.3) is 0 Å². The zero-order valence-electron chi connectivity index (χ0n) is 17.2. The lowest BCUT2D eigenvalue weighted by Crippen LogP contribution is -2.54. The lowest BCUT2D eigenvalue weighted by atomic mass is 9.44. The van der Waals surface area contributed by atoms with Crippen molar-refractivity contribution >= 4 is 11.9 Å². The number of esters is 1. The average Bonchev–Trinajstić information content (AvgIpc) is 2.91. The Labute approximate surface area is 163 Å². The molecule has 0 heterocycles. The number of fused-ring (bicyclic) bond motifs is 5. The molecule has 0 aliphatic heterocycles. The summed E-state index contributed by atoms with van der Waals surface area (Å²) in [6.07, 6.45) is 11.1. The molecule has 0 unspecified atom stereocenters. The summed E-state index contributed by atoms with van der Waals surface area (Å²) in [7, 11) is 0. The molecule has 27 heavy (non-hydrogen) atoms. The summed E-state index contributed by atoms with van der Waals surface area (Å²) < 4.78 is 5.75. The van der Waals surface area contributed by atoms with Crippen molar-refractivity contribution in [3.63, 3.8) is 0 Å². The predicted molar refractivity (Wildman–Crippen MR) is 103 cm³/mol. The van der Waals surface area contributed by atoms with Crippen LogP contribution in [0.1, 0.15) is 85.0 Å². The van der Waals surface area contributed by atoms with Crippen LogP contribution >= 0.6 is 0 Å². The first-order valence-corrected chi connectivity index (χ1v) is 11.1. The monoisotopic (exact) mass is 376 g/mol. The number of carbonyl (C=O) groups is 2. The van der Waals surface area contributed by atoms with Crippen molar-refractivity contribution in [2.75, 3.05) is 0 Å². The van der Waals surface area contributed by atoms with Gasteiger partial charge in [-0.25, -0.2) is 0 Å². The van der Waals surface area contributed by atoms with E-state index < -0.39 is 5.97 Å². The van der Waals surface area contributed by atoms with Crippen molar-refractivity contribution < 1.29 is 19.4 Å². The van der Waals surface area contributed by atoms with E-state index in [1.165, 1.54) is 38.5 Å². The van der Waals surface area contributed by atoms with Gasteiger partial charge in [-0.1, -0.05) is 13.8 Å². The molecule has 0 aromatic carbocycles. The van der Waals surface area contributed by atoms with Crippen molar-refractivity contribution in [2.45, 2.75) is 91.1 Å². The quantitative estimate of drug-likeness (QED) is 0.700. The molecule has 4 fully saturated rings. The van der Waals surface area contributed by atoms with E-state index in [-0.39, 0.29) is 17.5 Å². The van der Waals surface area contributed by atoms with Crippen LogP contribution in [-0.2, 0) is 14.3 Å². The first-order valence-electron chi connectivity index (χ1n) is 11.1. The Balaban J connectivity index is 1.51. The Hall–Kier alpha value is -1.06. The Bertz CT molecular complexity index is 615. The SMILES string of the molecule is CC(=O)O[C@H]1CC[C@H]2[C@H]3CC[C@H]4C[C@@H](CC(=O)O)CC[C@]4(C)[C@@H]3CC[C@]12C. The minimum atomic E-state index is -0.631. The third-order valence-corrected chi connectivity index (χ3v) is 9.46. The van der Waals surface area contributed by atoms with E-state index in [4.69, 9.17) is 4.74 Å². The van der Waals surface area contributed by atoms with E-state index in [0.29, 0.717) is 29.6 Å². The number of aliphatic carboxylic acids is 1. The zero-order valence-corrected chi connectivity index (χ0v) is 17.2. The van der Waals surface area contributed by atoms with Crippen molar-refractivity contribution in [3.05, 3.63) is 0 Å². The molecule has 1 N–H and O–H groups in total. The molecule has 8 atom stereocenters. The molecule has 0 aromatic rings. The maximum Gasteiger partial charge on any atom is 0.303 e. The number of ether oxygens (including phenoxy) is 1. The van der Waals surface area contributed by atoms with E-state index in [1.807, 2.05) is 0 Å². The van der Waals surface area contributed by atoms with Crippen LogP contribution in [0.2, 0.25) is 0 Å². The summed E-state index contributed by atoms with van der Waals surface area (Å²) in [5.41, 5.74) is 0.551. The van der Waals surface area contributed by atoms with Gasteiger partial charge in [0.1, 0.15) is 6.10 Å². The lowest BCUT2D eigenvalue weighted by Gasteiger charge is -2.61. The second-order valence-electron chi connectivity index (χ2n) is 10.6. The van der Waals surface area contributed by atoms with Crippen LogP contribution in [0.25, 0.3) is 0 Å². The Morgan fingerprint density at radius 1 is 0.963 bits per heavy atom. The third-order valence-electron chi connectivity index (χ3n) is 9.46. The molecule has 0 radical (unpaired) electrons. The van der Waals surface area contributed by atoms with Crippen molar-refractivity contribution in [1.82, 2.24) is 0 Å². The van der Waals surface area contributed by atoms with Gasteiger partial charge < -0.3 is 9.84 Å². The molecule has 0 bridgehead atoms. The number of hydrogen-bond acceptors (Lipinski definition) is 3. The topological polar surface area (TPSA) is 63.6 Å². The number of carbonyl (C=O) groups excluding carboxylic acids is 1. The number of rotatable bonds is 3. The Morgan fingerprint density at radius 2 is 1.67 bits per heavy atom. The van der Waals surface area contributed by atoms with Gasteiger partial charge in [-0.15, -0.1) is 0 Å². The van der Waals surface area contributed by atoms with Gasteiger partial charge in [0.2, 0.25) is 0 Å². The number of hydrogen-bond donors (Lipinski definition) is 1. The lowest BCUT2D eigenvalue weighted by molar-refractivity contribution is -0.162. The summed E-state index contributed by atoms with van der Waals surface area (Å²) in [4.78, 5) is 22.7. The average molecular weight is 377 g/mol. The Kier molecular flexibility index (Phi) is 4.83. The normalized spacial score (nSPS) is 48.9. The van der Waals surface area contributed by atoms with E-state index in [9.17, 15) is 14.7 Å². The van der Waals surface area contributed by atoms with Crippen LogP contribution in [0, 0.1) is 40.4 Å². The van der Waals surface area contributed by atoms with Crippen LogP contribution < -0.4 is 0 Å².